The number of methoxy groups -OCH3 is 1. The second kappa shape index (κ2) is 6.43. The van der Waals surface area contributed by atoms with E-state index in [2.05, 4.69) is 4.74 Å². The number of Topliss-reactive ketones (excluding diaryl/α,β-unsaturated/α-hetero) is 1. The van der Waals surface area contributed by atoms with E-state index in [4.69, 9.17) is 4.42 Å². The van der Waals surface area contributed by atoms with Crippen molar-refractivity contribution in [1.82, 2.24) is 0 Å². The van der Waals surface area contributed by atoms with Crippen LogP contribution >= 0.6 is 11.8 Å². The number of hydrogen-bond donors (Lipinski definition) is 0. The van der Waals surface area contributed by atoms with Crippen molar-refractivity contribution in [3.8, 4) is 0 Å². The van der Waals surface area contributed by atoms with E-state index in [0.717, 1.165) is 5.39 Å². The molecule has 5 heteroatoms. The van der Waals surface area contributed by atoms with Crippen molar-refractivity contribution in [2.24, 2.45) is 0 Å². The molecule has 1 heterocycles. The fraction of sp³-hybridized carbons (Fsp3) is 0.286. The van der Waals surface area contributed by atoms with Crippen molar-refractivity contribution in [3.05, 3.63) is 36.1 Å². The van der Waals surface area contributed by atoms with Crippen molar-refractivity contribution in [2.75, 3.05) is 18.6 Å². The molecule has 0 saturated heterocycles. The predicted molar refractivity (Wildman–Crippen MR) is 74.5 cm³/mol. The summed E-state index contributed by atoms with van der Waals surface area (Å²) in [5, 5.41) is 0.922. The lowest BCUT2D eigenvalue weighted by Crippen LogP contribution is -2.05. The lowest BCUT2D eigenvalue weighted by molar-refractivity contribution is -0.140. The number of benzene rings is 1. The third kappa shape index (κ3) is 3.61. The van der Waals surface area contributed by atoms with Gasteiger partial charge in [0.05, 0.1) is 19.3 Å². The van der Waals surface area contributed by atoms with Gasteiger partial charge in [0, 0.05) is 11.1 Å². The van der Waals surface area contributed by atoms with Gasteiger partial charge in [-0.05, 0) is 12.1 Å². The second-order valence-corrected chi connectivity index (χ2v) is 5.06. The van der Waals surface area contributed by atoms with E-state index in [0.29, 0.717) is 29.3 Å². The molecule has 1 aromatic carbocycles. The largest absolute Gasteiger partial charge is 0.469 e. The van der Waals surface area contributed by atoms with Crippen molar-refractivity contribution in [1.29, 1.82) is 0 Å². The Labute approximate surface area is 115 Å². The van der Waals surface area contributed by atoms with Crippen LogP contribution in [-0.4, -0.2) is 30.4 Å². The van der Waals surface area contributed by atoms with Gasteiger partial charge in [-0.1, -0.05) is 18.2 Å². The standard InChI is InChI=1S/C14H14O4S/c1-17-14(16)6-7-19-9-11(15)13-8-10-4-2-3-5-12(10)18-13/h2-5,8H,6-7,9H2,1H3. The van der Waals surface area contributed by atoms with Crippen LogP contribution in [0.15, 0.2) is 34.7 Å². The molecule has 0 aliphatic rings. The number of carbonyl (C=O) groups is 2. The topological polar surface area (TPSA) is 56.5 Å². The molecule has 1 aromatic heterocycles. The summed E-state index contributed by atoms with van der Waals surface area (Å²) in [6.45, 7) is 0. The van der Waals surface area contributed by atoms with E-state index >= 15 is 0 Å². The summed E-state index contributed by atoms with van der Waals surface area (Å²) >= 11 is 1.40. The number of carbonyl (C=O) groups excluding carboxylic acids is 2. The Kier molecular flexibility index (Phi) is 4.63. The number of furan rings is 1. The summed E-state index contributed by atoms with van der Waals surface area (Å²) in [7, 11) is 1.35. The van der Waals surface area contributed by atoms with E-state index in [-0.39, 0.29) is 11.8 Å². The first kappa shape index (κ1) is 13.7. The molecule has 0 fully saturated rings. The van der Waals surface area contributed by atoms with Crippen LogP contribution in [0.2, 0.25) is 0 Å². The first-order valence-electron chi connectivity index (χ1n) is 5.87. The first-order chi connectivity index (χ1) is 9.20. The second-order valence-electron chi connectivity index (χ2n) is 3.95. The molecule has 0 bridgehead atoms. The molecule has 0 atom stereocenters. The van der Waals surface area contributed by atoms with Crippen LogP contribution in [0.5, 0.6) is 0 Å². The molecular formula is C14H14O4S. The van der Waals surface area contributed by atoms with E-state index in [1.54, 1.807) is 6.07 Å². The van der Waals surface area contributed by atoms with Gasteiger partial charge in [-0.25, -0.2) is 0 Å². The summed E-state index contributed by atoms with van der Waals surface area (Å²) in [6.07, 6.45) is 0.314. The molecule has 0 unspecified atom stereocenters. The van der Waals surface area contributed by atoms with Crippen molar-refractivity contribution >= 4 is 34.5 Å². The maximum Gasteiger partial charge on any atom is 0.306 e. The Bertz CT molecular complexity index is 555. The van der Waals surface area contributed by atoms with Gasteiger partial charge in [0.2, 0.25) is 5.78 Å². The Balaban J connectivity index is 1.87. The van der Waals surface area contributed by atoms with Crippen LogP contribution in [0.3, 0.4) is 0 Å². The predicted octanol–water partition coefficient (Wildman–Crippen LogP) is 2.91. The molecule has 4 nitrogen and oxygen atoms in total. The Morgan fingerprint density at radius 1 is 1.32 bits per heavy atom. The summed E-state index contributed by atoms with van der Waals surface area (Å²) in [6, 6.07) is 9.25. The number of ketones is 1. The van der Waals surface area contributed by atoms with E-state index in [1.807, 2.05) is 24.3 Å². The molecule has 0 aliphatic heterocycles. The first-order valence-corrected chi connectivity index (χ1v) is 7.02. The number of esters is 1. The summed E-state index contributed by atoms with van der Waals surface area (Å²) in [5.74, 6) is 0.914. The van der Waals surface area contributed by atoms with Gasteiger partial charge in [0.15, 0.2) is 5.76 Å². The van der Waals surface area contributed by atoms with Gasteiger partial charge < -0.3 is 9.15 Å². The summed E-state index contributed by atoms with van der Waals surface area (Å²) in [4.78, 5) is 22.8. The number of hydrogen-bond acceptors (Lipinski definition) is 5. The normalized spacial score (nSPS) is 10.6. The maximum absolute atomic E-state index is 11.9. The van der Waals surface area contributed by atoms with Gasteiger partial charge in [-0.2, -0.15) is 11.8 Å². The number of fused-ring (bicyclic) bond motifs is 1. The van der Waals surface area contributed by atoms with Crippen LogP contribution in [0.25, 0.3) is 11.0 Å². The van der Waals surface area contributed by atoms with Gasteiger partial charge in [-0.15, -0.1) is 0 Å². The van der Waals surface area contributed by atoms with Gasteiger partial charge >= 0.3 is 5.97 Å². The Hall–Kier alpha value is -1.75. The van der Waals surface area contributed by atoms with Crippen molar-refractivity contribution in [3.63, 3.8) is 0 Å². The molecule has 0 N–H and O–H groups in total. The highest BCUT2D eigenvalue weighted by molar-refractivity contribution is 8.00. The fourth-order valence-electron chi connectivity index (χ4n) is 1.61. The fourth-order valence-corrected chi connectivity index (χ4v) is 2.40. The highest BCUT2D eigenvalue weighted by Gasteiger charge is 2.12. The van der Waals surface area contributed by atoms with Gasteiger partial charge in [0.25, 0.3) is 0 Å². The number of para-hydroxylation sites is 1. The van der Waals surface area contributed by atoms with E-state index in [9.17, 15) is 9.59 Å². The number of rotatable bonds is 6. The minimum absolute atomic E-state index is 0.0638. The molecule has 0 spiro atoms. The summed E-state index contributed by atoms with van der Waals surface area (Å²) < 4.78 is 10.0. The SMILES string of the molecule is COC(=O)CCSCC(=O)c1cc2ccccc2o1. The third-order valence-electron chi connectivity index (χ3n) is 2.61. The van der Waals surface area contributed by atoms with Crippen LogP contribution in [0.1, 0.15) is 17.0 Å². The van der Waals surface area contributed by atoms with Crippen molar-refractivity contribution in [2.45, 2.75) is 6.42 Å². The molecule has 0 amide bonds. The molecule has 2 aromatic rings. The quantitative estimate of drug-likeness (QED) is 0.462. The zero-order valence-electron chi connectivity index (χ0n) is 10.5. The zero-order chi connectivity index (χ0) is 13.7. The average Bonchev–Trinajstić information content (AvgIpc) is 2.87. The van der Waals surface area contributed by atoms with Crippen LogP contribution < -0.4 is 0 Å². The van der Waals surface area contributed by atoms with Crippen molar-refractivity contribution < 1.29 is 18.7 Å². The highest BCUT2D eigenvalue weighted by Crippen LogP contribution is 2.20. The molecule has 2 rings (SSSR count). The van der Waals surface area contributed by atoms with Crippen LogP contribution in [0.4, 0.5) is 0 Å². The minimum atomic E-state index is -0.260. The Morgan fingerprint density at radius 2 is 2.11 bits per heavy atom. The monoisotopic (exact) mass is 278 g/mol. The van der Waals surface area contributed by atoms with Gasteiger partial charge in [0.1, 0.15) is 5.58 Å². The highest BCUT2D eigenvalue weighted by atomic mass is 32.2. The van der Waals surface area contributed by atoms with Crippen LogP contribution in [-0.2, 0) is 9.53 Å². The maximum atomic E-state index is 11.9. The molecular weight excluding hydrogens is 264 g/mol. The zero-order valence-corrected chi connectivity index (χ0v) is 11.4. The molecule has 100 valence electrons. The lowest BCUT2D eigenvalue weighted by atomic mass is 10.2. The van der Waals surface area contributed by atoms with E-state index in [1.165, 1.54) is 18.9 Å². The van der Waals surface area contributed by atoms with Crippen LogP contribution in [0, 0.1) is 0 Å². The molecule has 0 saturated carbocycles. The number of thioether (sulfide) groups is 1. The third-order valence-corrected chi connectivity index (χ3v) is 3.57. The Morgan fingerprint density at radius 3 is 2.84 bits per heavy atom. The number of ether oxygens (including phenoxy) is 1. The molecule has 19 heavy (non-hydrogen) atoms. The minimum Gasteiger partial charge on any atom is -0.469 e. The summed E-state index contributed by atoms with van der Waals surface area (Å²) in [5.41, 5.74) is 0.713. The smallest absolute Gasteiger partial charge is 0.306 e. The lowest BCUT2D eigenvalue weighted by Gasteiger charge is -1.98. The molecule has 0 aliphatic carbocycles. The van der Waals surface area contributed by atoms with Gasteiger partial charge in [-0.3, -0.25) is 9.59 Å². The average molecular weight is 278 g/mol. The van der Waals surface area contributed by atoms with E-state index < -0.39 is 0 Å². The molecule has 0 radical (unpaired) electrons.